The number of rotatable bonds is 4. The van der Waals surface area contributed by atoms with Crippen molar-refractivity contribution in [3.63, 3.8) is 0 Å². The normalized spacial score (nSPS) is 25.6. The summed E-state index contributed by atoms with van der Waals surface area (Å²) in [6, 6.07) is 4.13. The van der Waals surface area contributed by atoms with Crippen LogP contribution in [0.25, 0.3) is 0 Å². The van der Waals surface area contributed by atoms with Gasteiger partial charge < -0.3 is 10.2 Å². The van der Waals surface area contributed by atoms with E-state index in [4.69, 9.17) is 0 Å². The highest BCUT2D eigenvalue weighted by molar-refractivity contribution is 9.10. The Bertz CT molecular complexity index is 938. The molecule has 30 heavy (non-hydrogen) atoms. The van der Waals surface area contributed by atoms with Gasteiger partial charge in [-0.2, -0.15) is 0 Å². The van der Waals surface area contributed by atoms with E-state index in [1.165, 1.54) is 26.0 Å². The molecule has 1 fully saturated rings. The summed E-state index contributed by atoms with van der Waals surface area (Å²) in [7, 11) is 0. The molecule has 2 aromatic carbocycles. The Balaban J connectivity index is 2.25. The highest BCUT2D eigenvalue weighted by atomic mass is 79.9. The fourth-order valence-electron chi connectivity index (χ4n) is 4.27. The molecule has 1 aliphatic rings. The number of nitrogens with one attached hydrogen (secondary N) is 1. The first-order chi connectivity index (χ1) is 13.9. The van der Waals surface area contributed by atoms with Crippen molar-refractivity contribution in [2.24, 2.45) is 5.41 Å². The molecule has 0 bridgehead atoms. The van der Waals surface area contributed by atoms with Crippen molar-refractivity contribution < 1.29 is 20.1 Å². The number of benzene rings is 2. The van der Waals surface area contributed by atoms with E-state index in [0.717, 1.165) is 0 Å². The number of halogens is 2. The molecule has 0 saturated carbocycles. The second-order valence-electron chi connectivity index (χ2n) is 7.81. The van der Waals surface area contributed by atoms with E-state index in [-0.39, 0.29) is 22.6 Å². The van der Waals surface area contributed by atoms with Crippen LogP contribution in [-0.2, 0) is 0 Å². The van der Waals surface area contributed by atoms with Crippen molar-refractivity contribution in [3.05, 3.63) is 76.7 Å². The maximum absolute atomic E-state index is 12.1. The molecule has 0 amide bonds. The number of phenols is 2. The molecular weight excluding hydrogens is 526 g/mol. The zero-order valence-corrected chi connectivity index (χ0v) is 19.1. The molecule has 2 aromatic rings. The van der Waals surface area contributed by atoms with E-state index in [0.29, 0.717) is 8.95 Å². The van der Waals surface area contributed by atoms with Gasteiger partial charge >= 0.3 is 0 Å². The average Bonchev–Trinajstić information content (AvgIpc) is 2.63. The van der Waals surface area contributed by atoms with Crippen molar-refractivity contribution in [2.45, 2.75) is 38.0 Å². The highest BCUT2D eigenvalue weighted by Crippen LogP contribution is 2.49. The summed E-state index contributed by atoms with van der Waals surface area (Å²) in [5.41, 5.74) is -0.960. The summed E-state index contributed by atoms with van der Waals surface area (Å²) in [6.07, 6.45) is 0. The third-order valence-electron chi connectivity index (χ3n) is 5.62. The van der Waals surface area contributed by atoms with Crippen LogP contribution < -0.4 is 5.32 Å². The van der Waals surface area contributed by atoms with Crippen LogP contribution in [0.5, 0.6) is 11.5 Å². The van der Waals surface area contributed by atoms with Crippen LogP contribution in [0.15, 0.2) is 45.3 Å². The van der Waals surface area contributed by atoms with Crippen molar-refractivity contribution in [1.29, 1.82) is 0 Å². The van der Waals surface area contributed by atoms with Gasteiger partial charge in [0.15, 0.2) is 0 Å². The molecule has 9 nitrogen and oxygen atoms in total. The molecule has 160 valence electrons. The zero-order valence-electron chi connectivity index (χ0n) is 16.0. The molecule has 0 aromatic heterocycles. The minimum Gasteiger partial charge on any atom is -0.508 e. The lowest BCUT2D eigenvalue weighted by Gasteiger charge is -2.44. The predicted octanol–water partition coefficient (Wildman–Crippen LogP) is 4.33. The standard InChI is InChI=1S/C19H19Br2N3O6/c1-19(2)17(23(27)28)15(11-7-9(20)3-5-13(11)25)22-16(18(19)24(29)30)12-8-10(21)4-6-14(12)26/h3-8,15-18,22,25-26H,1-2H3/t15-,16-,17+,18+/m0/s1. The van der Waals surface area contributed by atoms with Gasteiger partial charge in [-0.15, -0.1) is 0 Å². The third kappa shape index (κ3) is 3.88. The van der Waals surface area contributed by atoms with Crippen molar-refractivity contribution in [3.8, 4) is 11.5 Å². The largest absolute Gasteiger partial charge is 0.508 e. The monoisotopic (exact) mass is 543 g/mol. The van der Waals surface area contributed by atoms with E-state index in [1.54, 1.807) is 24.3 Å². The molecule has 0 aliphatic carbocycles. The number of hydrogen-bond donors (Lipinski definition) is 3. The Labute approximate surface area is 188 Å². The fraction of sp³-hybridized carbons (Fsp3) is 0.368. The van der Waals surface area contributed by atoms with Gasteiger partial charge in [-0.25, -0.2) is 0 Å². The quantitative estimate of drug-likeness (QED) is 0.384. The predicted molar refractivity (Wildman–Crippen MR) is 116 cm³/mol. The van der Waals surface area contributed by atoms with Gasteiger partial charge in [0.2, 0.25) is 12.1 Å². The van der Waals surface area contributed by atoms with Gasteiger partial charge in [-0.3, -0.25) is 25.5 Å². The fourth-order valence-corrected chi connectivity index (χ4v) is 5.02. The highest BCUT2D eigenvalue weighted by Gasteiger charge is 2.63. The van der Waals surface area contributed by atoms with Crippen LogP contribution in [0.3, 0.4) is 0 Å². The van der Waals surface area contributed by atoms with Gasteiger partial charge in [-0.05, 0) is 50.2 Å². The Kier molecular flexibility index (Phi) is 6.08. The first kappa shape index (κ1) is 22.4. The van der Waals surface area contributed by atoms with E-state index < -0.39 is 39.4 Å². The molecule has 1 aliphatic heterocycles. The van der Waals surface area contributed by atoms with Crippen molar-refractivity contribution in [2.75, 3.05) is 0 Å². The Hall–Kier alpha value is -2.24. The number of nitrogens with zero attached hydrogens (tertiary/aromatic N) is 2. The lowest BCUT2D eigenvalue weighted by Crippen LogP contribution is -2.63. The minimum atomic E-state index is -1.43. The number of phenolic OH excluding ortho intramolecular Hbond substituents is 2. The van der Waals surface area contributed by atoms with Crippen LogP contribution in [0, 0.1) is 25.6 Å². The molecule has 0 unspecified atom stereocenters. The second-order valence-corrected chi connectivity index (χ2v) is 9.64. The summed E-state index contributed by atoms with van der Waals surface area (Å²) in [5.74, 6) is -0.342. The van der Waals surface area contributed by atoms with Gasteiger partial charge in [0.1, 0.15) is 29.0 Å². The van der Waals surface area contributed by atoms with E-state index in [1.807, 2.05) is 0 Å². The van der Waals surface area contributed by atoms with Crippen LogP contribution in [0.4, 0.5) is 0 Å². The molecule has 1 heterocycles. The van der Waals surface area contributed by atoms with Crippen LogP contribution in [0.2, 0.25) is 0 Å². The first-order valence-electron chi connectivity index (χ1n) is 8.95. The Morgan fingerprint density at radius 2 is 1.23 bits per heavy atom. The van der Waals surface area contributed by atoms with Gasteiger partial charge in [0, 0.05) is 29.9 Å². The second kappa shape index (κ2) is 8.12. The topological polar surface area (TPSA) is 139 Å². The number of piperidine rings is 1. The molecule has 1 saturated heterocycles. The maximum atomic E-state index is 12.1. The smallest absolute Gasteiger partial charge is 0.244 e. The van der Waals surface area contributed by atoms with Gasteiger partial charge in [0.05, 0.1) is 0 Å². The first-order valence-corrected chi connectivity index (χ1v) is 10.5. The Morgan fingerprint density at radius 1 is 0.867 bits per heavy atom. The van der Waals surface area contributed by atoms with Crippen LogP contribution in [-0.4, -0.2) is 32.1 Å². The lowest BCUT2D eigenvalue weighted by molar-refractivity contribution is -0.605. The van der Waals surface area contributed by atoms with Crippen molar-refractivity contribution >= 4 is 31.9 Å². The van der Waals surface area contributed by atoms with Crippen LogP contribution in [0.1, 0.15) is 37.1 Å². The van der Waals surface area contributed by atoms with E-state index in [9.17, 15) is 30.4 Å². The molecule has 0 radical (unpaired) electrons. The Morgan fingerprint density at radius 3 is 1.57 bits per heavy atom. The number of nitro groups is 2. The molecular formula is C19H19Br2N3O6. The summed E-state index contributed by atoms with van der Waals surface area (Å²) in [4.78, 5) is 23.0. The summed E-state index contributed by atoms with van der Waals surface area (Å²) in [6.45, 7) is 2.94. The number of aromatic hydroxyl groups is 2. The SMILES string of the molecule is CC1(C)[C@H]([N+](=O)[O-])[C@H](c2cc(Br)ccc2O)N[C@@H](c2cc(Br)ccc2O)[C@H]1[N+](=O)[O-]. The molecule has 4 atom stereocenters. The summed E-state index contributed by atoms with van der Waals surface area (Å²) >= 11 is 6.60. The molecule has 3 rings (SSSR count). The summed E-state index contributed by atoms with van der Waals surface area (Å²) in [5, 5.41) is 48.0. The molecule has 3 N–H and O–H groups in total. The summed E-state index contributed by atoms with van der Waals surface area (Å²) < 4.78 is 1.19. The lowest BCUT2D eigenvalue weighted by atomic mass is 9.66. The van der Waals surface area contributed by atoms with Crippen LogP contribution >= 0.6 is 31.9 Å². The van der Waals surface area contributed by atoms with E-state index >= 15 is 0 Å². The van der Waals surface area contributed by atoms with E-state index in [2.05, 4.69) is 37.2 Å². The average molecular weight is 545 g/mol. The number of hydrogen-bond acceptors (Lipinski definition) is 7. The van der Waals surface area contributed by atoms with Gasteiger partial charge in [0.25, 0.3) is 0 Å². The van der Waals surface area contributed by atoms with Crippen molar-refractivity contribution in [1.82, 2.24) is 5.32 Å². The third-order valence-corrected chi connectivity index (χ3v) is 6.61. The van der Waals surface area contributed by atoms with Gasteiger partial charge in [-0.1, -0.05) is 31.9 Å². The maximum Gasteiger partial charge on any atom is 0.244 e. The molecule has 0 spiro atoms. The zero-order chi connectivity index (χ0) is 22.4. The molecule has 11 heteroatoms. The minimum absolute atomic E-state index is 0.171.